The first-order valence-electron chi connectivity index (χ1n) is 17.8. The van der Waals surface area contributed by atoms with Crippen LogP contribution in [-0.2, 0) is 10.8 Å². The van der Waals surface area contributed by atoms with Crippen molar-refractivity contribution in [2.45, 2.75) is 52.4 Å². The van der Waals surface area contributed by atoms with Gasteiger partial charge in [-0.3, -0.25) is 4.98 Å². The number of benzene rings is 4. The first-order valence-corrected chi connectivity index (χ1v) is 13.8. The highest BCUT2D eigenvalue weighted by Gasteiger charge is 2.27. The molecular weight excluding hydrogens is 514 g/mol. The zero-order chi connectivity index (χ0) is 36.4. The molecule has 0 aliphatic heterocycles. The molecule has 0 spiro atoms. The lowest BCUT2D eigenvalue weighted by molar-refractivity contribution is 0.589. The van der Waals surface area contributed by atoms with E-state index in [2.05, 4.69) is 47.6 Å². The van der Waals surface area contributed by atoms with Gasteiger partial charge in [0.15, 0.2) is 5.58 Å². The van der Waals surface area contributed by atoms with Crippen LogP contribution in [0.4, 0.5) is 0 Å². The number of rotatable bonds is 2. The van der Waals surface area contributed by atoms with Crippen molar-refractivity contribution in [2.24, 2.45) is 0 Å². The van der Waals surface area contributed by atoms with Gasteiger partial charge in [-0.1, -0.05) is 83.9 Å². The van der Waals surface area contributed by atoms with Crippen molar-refractivity contribution in [1.82, 2.24) is 9.55 Å². The Morgan fingerprint density at radius 1 is 0.786 bits per heavy atom. The van der Waals surface area contributed by atoms with Gasteiger partial charge in [0.1, 0.15) is 17.3 Å². The van der Waals surface area contributed by atoms with Crippen LogP contribution in [0.2, 0.25) is 0 Å². The standard InChI is InChI=1S/C38H33N3O/c1-37(2,3)24-19-20-40-30(21-24)27-17-18-29(38(4,5)6)33-28-16-15-23(22-39)34(36(28)42-35(27)33)41-31-13-9-7-11-25(31)26-12-8-10-14-32(26)41/h7-21H,1-6H3/i7D,8D,9D,10D,11D,12D,13D,14D. The van der Waals surface area contributed by atoms with Gasteiger partial charge in [-0.15, -0.1) is 0 Å². The van der Waals surface area contributed by atoms with Crippen LogP contribution in [0.1, 0.15) is 69.2 Å². The molecule has 3 aromatic heterocycles. The van der Waals surface area contributed by atoms with Crippen molar-refractivity contribution < 1.29 is 15.4 Å². The van der Waals surface area contributed by atoms with E-state index in [1.54, 1.807) is 18.3 Å². The molecule has 0 saturated heterocycles. The summed E-state index contributed by atoms with van der Waals surface area (Å²) in [6.45, 7) is 12.6. The van der Waals surface area contributed by atoms with Crippen LogP contribution in [-0.4, -0.2) is 9.55 Å². The molecule has 0 radical (unpaired) electrons. The number of nitrogens with zero attached hydrogens (tertiary/aromatic N) is 3. The summed E-state index contributed by atoms with van der Waals surface area (Å²) >= 11 is 0. The first kappa shape index (κ1) is 18.5. The predicted molar refractivity (Wildman–Crippen MR) is 173 cm³/mol. The van der Waals surface area contributed by atoms with E-state index in [0.717, 1.165) is 16.5 Å². The van der Waals surface area contributed by atoms with Crippen molar-refractivity contribution in [3.05, 3.63) is 108 Å². The zero-order valence-corrected chi connectivity index (χ0v) is 24.3. The number of fused-ring (bicyclic) bond motifs is 6. The molecule has 7 aromatic rings. The first-order chi connectivity index (χ1) is 23.4. The highest BCUT2D eigenvalue weighted by Crippen LogP contribution is 2.45. The van der Waals surface area contributed by atoms with Crippen molar-refractivity contribution in [1.29, 1.82) is 5.26 Å². The highest BCUT2D eigenvalue weighted by atomic mass is 16.3. The SMILES string of the molecule is [2H]c1c([2H])c([2H])c2c(c1[2H])c1c([2H])c([2H])c([2H])c([2H])c1n2-c1c(C#N)ccc2c1oc1c(-c3cc(C(C)(C)C)ccn3)ccc(C(C)(C)C)c12. The number of hydrogen-bond donors (Lipinski definition) is 0. The summed E-state index contributed by atoms with van der Waals surface area (Å²) in [7, 11) is 0. The van der Waals surface area contributed by atoms with Gasteiger partial charge in [-0.25, -0.2) is 0 Å². The van der Waals surface area contributed by atoms with Crippen LogP contribution in [0.15, 0.2) is 95.4 Å². The third-order valence-corrected chi connectivity index (χ3v) is 7.85. The zero-order valence-electron chi connectivity index (χ0n) is 32.3. The molecule has 0 aliphatic rings. The van der Waals surface area contributed by atoms with Crippen LogP contribution < -0.4 is 0 Å². The fourth-order valence-corrected chi connectivity index (χ4v) is 5.76. The Kier molecular flexibility index (Phi) is 4.00. The Labute approximate surface area is 257 Å². The van der Waals surface area contributed by atoms with Gasteiger partial charge in [-0.2, -0.15) is 5.26 Å². The second-order valence-corrected chi connectivity index (χ2v) is 12.6. The van der Waals surface area contributed by atoms with Gasteiger partial charge in [0.25, 0.3) is 0 Å². The van der Waals surface area contributed by atoms with E-state index in [-0.39, 0.29) is 49.5 Å². The average molecular weight is 556 g/mol. The predicted octanol–water partition coefficient (Wildman–Crippen LogP) is 10.2. The van der Waals surface area contributed by atoms with Crippen molar-refractivity contribution in [2.75, 3.05) is 0 Å². The Morgan fingerprint density at radius 3 is 2.07 bits per heavy atom. The van der Waals surface area contributed by atoms with Crippen LogP contribution in [0, 0.1) is 11.3 Å². The maximum absolute atomic E-state index is 10.5. The smallest absolute Gasteiger partial charge is 0.160 e. The molecule has 0 unspecified atom stereocenters. The monoisotopic (exact) mass is 555 g/mol. The summed E-state index contributed by atoms with van der Waals surface area (Å²) in [6, 6.07) is 9.65. The van der Waals surface area contributed by atoms with Gasteiger partial charge in [-0.05, 0) is 64.4 Å². The van der Waals surface area contributed by atoms with E-state index in [9.17, 15) is 5.26 Å². The minimum atomic E-state index is -0.542. The molecule has 3 heterocycles. The molecule has 4 aromatic carbocycles. The summed E-state index contributed by atoms with van der Waals surface area (Å²) < 4.78 is 77.9. The second kappa shape index (κ2) is 9.06. The number of hydrogen-bond acceptors (Lipinski definition) is 3. The molecule has 0 N–H and O–H groups in total. The fraction of sp³-hybridized carbons (Fsp3) is 0.211. The third kappa shape index (κ3) is 3.84. The number of nitriles is 1. The molecule has 0 atom stereocenters. The molecule has 206 valence electrons. The summed E-state index contributed by atoms with van der Waals surface area (Å²) in [5.74, 6) is 0. The summed E-state index contributed by atoms with van der Waals surface area (Å²) in [5.41, 5.74) is 3.69. The normalized spacial score (nSPS) is 15.2. The second-order valence-electron chi connectivity index (χ2n) is 12.6. The molecule has 0 fully saturated rings. The van der Waals surface area contributed by atoms with Gasteiger partial charge >= 0.3 is 0 Å². The molecule has 4 nitrogen and oxygen atoms in total. The minimum absolute atomic E-state index is 0.0748. The van der Waals surface area contributed by atoms with E-state index >= 15 is 0 Å². The van der Waals surface area contributed by atoms with E-state index in [1.807, 2.05) is 24.3 Å². The quantitative estimate of drug-likeness (QED) is 0.213. The molecule has 0 saturated carbocycles. The minimum Gasteiger partial charge on any atom is -0.453 e. The number of aromatic nitrogens is 2. The number of furan rings is 1. The highest BCUT2D eigenvalue weighted by molar-refractivity contribution is 6.16. The lowest BCUT2D eigenvalue weighted by Gasteiger charge is -2.22. The topological polar surface area (TPSA) is 54.8 Å². The Balaban J connectivity index is 1.76. The maximum atomic E-state index is 10.5. The fourth-order valence-electron chi connectivity index (χ4n) is 5.76. The van der Waals surface area contributed by atoms with Crippen LogP contribution in [0.3, 0.4) is 0 Å². The van der Waals surface area contributed by atoms with Crippen LogP contribution in [0.25, 0.3) is 60.7 Å². The lowest BCUT2D eigenvalue weighted by atomic mass is 9.82. The Bertz CT molecular complexity index is 2590. The van der Waals surface area contributed by atoms with Crippen LogP contribution in [0.5, 0.6) is 0 Å². The van der Waals surface area contributed by atoms with Gasteiger partial charge in [0, 0.05) is 33.3 Å². The lowest BCUT2D eigenvalue weighted by Crippen LogP contribution is -2.12. The van der Waals surface area contributed by atoms with Crippen molar-refractivity contribution >= 4 is 43.7 Å². The van der Waals surface area contributed by atoms with Gasteiger partial charge in [0.2, 0.25) is 0 Å². The van der Waals surface area contributed by atoms with E-state index in [1.165, 1.54) is 4.57 Å². The molecular formula is C38H33N3O. The van der Waals surface area contributed by atoms with E-state index < -0.39 is 48.3 Å². The summed E-state index contributed by atoms with van der Waals surface area (Å²) in [4.78, 5) is 4.72. The van der Waals surface area contributed by atoms with E-state index in [0.29, 0.717) is 22.2 Å². The van der Waals surface area contributed by atoms with Gasteiger partial charge in [0.05, 0.1) is 33.3 Å². The van der Waals surface area contributed by atoms with Crippen molar-refractivity contribution in [3.8, 4) is 23.0 Å². The Morgan fingerprint density at radius 2 is 1.45 bits per heavy atom. The molecule has 0 aliphatic carbocycles. The molecule has 0 bridgehead atoms. The van der Waals surface area contributed by atoms with E-state index in [4.69, 9.17) is 20.4 Å². The summed E-state index contributed by atoms with van der Waals surface area (Å²) in [5, 5.41) is 11.8. The average Bonchev–Trinajstić information content (AvgIpc) is 3.63. The molecule has 42 heavy (non-hydrogen) atoms. The number of pyridine rings is 1. The summed E-state index contributed by atoms with van der Waals surface area (Å²) in [6.07, 6.45) is 1.76. The third-order valence-electron chi connectivity index (χ3n) is 7.85. The molecule has 7 rings (SSSR count). The van der Waals surface area contributed by atoms with Gasteiger partial charge < -0.3 is 8.98 Å². The molecule has 4 heteroatoms. The molecule has 0 amide bonds. The maximum Gasteiger partial charge on any atom is 0.160 e. The van der Waals surface area contributed by atoms with Crippen LogP contribution >= 0.6 is 0 Å². The largest absolute Gasteiger partial charge is 0.453 e. The number of para-hydroxylation sites is 2. The Hall–Kier alpha value is -4.88. The van der Waals surface area contributed by atoms with Crippen molar-refractivity contribution in [3.63, 3.8) is 0 Å².